The van der Waals surface area contributed by atoms with Crippen LogP contribution in [0.5, 0.6) is 0 Å². The van der Waals surface area contributed by atoms with E-state index in [9.17, 15) is 4.79 Å². The molecule has 1 N–H and O–H groups in total. The quantitative estimate of drug-likeness (QED) is 0.831. The molecule has 25 heavy (non-hydrogen) atoms. The van der Waals surface area contributed by atoms with Gasteiger partial charge in [0.1, 0.15) is 0 Å². The van der Waals surface area contributed by atoms with Crippen LogP contribution in [0.1, 0.15) is 54.2 Å². The molecule has 1 amide bonds. The second-order valence-electron chi connectivity index (χ2n) is 7.24. The van der Waals surface area contributed by atoms with E-state index in [0.29, 0.717) is 30.7 Å². The zero-order valence-corrected chi connectivity index (χ0v) is 15.5. The number of nitrogens with one attached hydrogen (secondary N) is 1. The van der Waals surface area contributed by atoms with Gasteiger partial charge >= 0.3 is 0 Å². The Kier molecular flexibility index (Phi) is 5.69. The van der Waals surface area contributed by atoms with Crippen molar-refractivity contribution < 1.29 is 9.53 Å². The van der Waals surface area contributed by atoms with Gasteiger partial charge in [-0.1, -0.05) is 31.4 Å². The van der Waals surface area contributed by atoms with E-state index >= 15 is 0 Å². The molecule has 0 bridgehead atoms. The van der Waals surface area contributed by atoms with Crippen LogP contribution < -0.4 is 5.32 Å². The first-order chi connectivity index (χ1) is 12.0. The van der Waals surface area contributed by atoms with E-state index in [2.05, 4.69) is 23.3 Å². The lowest BCUT2D eigenvalue weighted by Crippen LogP contribution is -2.32. The molecule has 4 nitrogen and oxygen atoms in total. The van der Waals surface area contributed by atoms with Crippen LogP contribution in [0, 0.1) is 19.8 Å². The number of carbonyl (C=O) groups is 1. The van der Waals surface area contributed by atoms with Crippen LogP contribution >= 0.6 is 0 Å². The number of aryl methyl sites for hydroxylation is 2. The number of rotatable bonds is 5. The zero-order chi connectivity index (χ0) is 17.8. The highest BCUT2D eigenvalue weighted by Crippen LogP contribution is 2.26. The Labute approximate surface area is 150 Å². The largest absolute Gasteiger partial charge is 0.376 e. The van der Waals surface area contributed by atoms with Gasteiger partial charge in [-0.15, -0.1) is 0 Å². The number of pyridine rings is 1. The first kappa shape index (κ1) is 17.9. The van der Waals surface area contributed by atoms with Gasteiger partial charge in [-0.2, -0.15) is 0 Å². The second-order valence-corrected chi connectivity index (χ2v) is 7.24. The minimum Gasteiger partial charge on any atom is -0.376 e. The summed E-state index contributed by atoms with van der Waals surface area (Å²) in [5.74, 6) is 0.549. The van der Waals surface area contributed by atoms with Crippen molar-refractivity contribution in [3.05, 3.63) is 41.1 Å². The molecule has 0 aliphatic heterocycles. The maximum atomic E-state index is 12.5. The zero-order valence-electron chi connectivity index (χ0n) is 15.5. The number of ether oxygens (including phenoxy) is 1. The highest BCUT2D eigenvalue weighted by molar-refractivity contribution is 5.98. The summed E-state index contributed by atoms with van der Waals surface area (Å²) in [5.41, 5.74) is 3.49. The highest BCUT2D eigenvalue weighted by atomic mass is 16.5. The first-order valence-electron chi connectivity index (χ1n) is 9.32. The van der Waals surface area contributed by atoms with Gasteiger partial charge in [0.15, 0.2) is 0 Å². The Morgan fingerprint density at radius 3 is 2.84 bits per heavy atom. The molecule has 1 saturated carbocycles. The van der Waals surface area contributed by atoms with E-state index in [-0.39, 0.29) is 5.91 Å². The summed E-state index contributed by atoms with van der Waals surface area (Å²) in [6.45, 7) is 7.29. The minimum atomic E-state index is -0.0753. The molecule has 1 aliphatic carbocycles. The van der Waals surface area contributed by atoms with Crippen LogP contribution in [0.2, 0.25) is 0 Å². The van der Waals surface area contributed by atoms with Crippen molar-refractivity contribution in [2.45, 2.75) is 52.6 Å². The summed E-state index contributed by atoms with van der Waals surface area (Å²) in [5, 5.41) is 3.97. The Hall–Kier alpha value is -1.94. The molecule has 4 heteroatoms. The fourth-order valence-electron chi connectivity index (χ4n) is 3.62. The van der Waals surface area contributed by atoms with Crippen molar-refractivity contribution in [1.82, 2.24) is 10.3 Å². The van der Waals surface area contributed by atoms with Gasteiger partial charge in [-0.05, 0) is 50.8 Å². The Morgan fingerprint density at radius 2 is 2.04 bits per heavy atom. The third-order valence-electron chi connectivity index (χ3n) is 5.16. The van der Waals surface area contributed by atoms with Crippen molar-refractivity contribution in [2.24, 2.45) is 5.92 Å². The van der Waals surface area contributed by atoms with Crippen LogP contribution in [0.15, 0.2) is 24.3 Å². The lowest BCUT2D eigenvalue weighted by Gasteiger charge is -2.28. The molecular formula is C21H28N2O2. The maximum absolute atomic E-state index is 12.5. The van der Waals surface area contributed by atoms with Crippen LogP contribution in [0.25, 0.3) is 10.9 Å². The molecular weight excluding hydrogens is 312 g/mol. The smallest absolute Gasteiger partial charge is 0.253 e. The predicted octanol–water partition coefficient (Wildman–Crippen LogP) is 4.18. The van der Waals surface area contributed by atoms with Crippen molar-refractivity contribution in [3.63, 3.8) is 0 Å². The Morgan fingerprint density at radius 1 is 1.24 bits per heavy atom. The molecule has 3 rings (SSSR count). The monoisotopic (exact) mass is 340 g/mol. The molecule has 1 aromatic carbocycles. The van der Waals surface area contributed by atoms with Crippen molar-refractivity contribution >= 4 is 16.8 Å². The van der Waals surface area contributed by atoms with E-state index in [1.807, 2.05) is 32.0 Å². The molecule has 1 fully saturated rings. The molecule has 2 atom stereocenters. The number of amides is 1. The number of fused-ring (bicyclic) bond motifs is 1. The second kappa shape index (κ2) is 7.96. The van der Waals surface area contributed by atoms with Gasteiger partial charge in [0, 0.05) is 11.9 Å². The molecule has 134 valence electrons. The van der Waals surface area contributed by atoms with E-state index in [4.69, 9.17) is 4.74 Å². The number of carbonyl (C=O) groups excluding carboxylic acids is 1. The summed E-state index contributed by atoms with van der Waals surface area (Å²) in [6.07, 6.45) is 5.30. The van der Waals surface area contributed by atoms with Gasteiger partial charge in [0.25, 0.3) is 5.91 Å². The highest BCUT2D eigenvalue weighted by Gasteiger charge is 2.21. The van der Waals surface area contributed by atoms with Crippen LogP contribution in [-0.2, 0) is 4.74 Å². The number of nitrogens with zero attached hydrogens (tertiary/aromatic N) is 1. The number of hydrogen-bond donors (Lipinski definition) is 1. The Balaban J connectivity index is 1.57. The summed E-state index contributed by atoms with van der Waals surface area (Å²) >= 11 is 0. The van der Waals surface area contributed by atoms with Gasteiger partial charge < -0.3 is 10.1 Å². The molecule has 1 heterocycles. The van der Waals surface area contributed by atoms with Crippen LogP contribution in [0.4, 0.5) is 0 Å². The lowest BCUT2D eigenvalue weighted by atomic mass is 9.88. The topological polar surface area (TPSA) is 51.2 Å². The van der Waals surface area contributed by atoms with Crippen LogP contribution in [-0.4, -0.2) is 30.1 Å². The Bertz CT molecular complexity index is 757. The summed E-state index contributed by atoms with van der Waals surface area (Å²) in [7, 11) is 0. The average Bonchev–Trinajstić information content (AvgIpc) is 2.59. The van der Waals surface area contributed by atoms with E-state index < -0.39 is 0 Å². The third-order valence-corrected chi connectivity index (χ3v) is 5.16. The minimum absolute atomic E-state index is 0.0753. The average molecular weight is 340 g/mol. The lowest BCUT2D eigenvalue weighted by molar-refractivity contribution is -0.00294. The van der Waals surface area contributed by atoms with Crippen molar-refractivity contribution in [1.29, 1.82) is 0 Å². The van der Waals surface area contributed by atoms with Gasteiger partial charge in [0.05, 0.1) is 29.5 Å². The molecule has 0 radical (unpaired) electrons. The molecule has 1 aromatic heterocycles. The van der Waals surface area contributed by atoms with Gasteiger partial charge in [0.2, 0.25) is 0 Å². The standard InChI is InChI=1S/C21H28N2O2/c1-14-8-9-19-17(12-14)13-18(16(3)23-19)21(24)22-10-11-25-20-7-5-4-6-15(20)2/h8-9,12-13,15,20H,4-7,10-11H2,1-3H3,(H,22,24). The van der Waals surface area contributed by atoms with Gasteiger partial charge in [-0.3, -0.25) is 9.78 Å². The fourth-order valence-corrected chi connectivity index (χ4v) is 3.62. The van der Waals surface area contributed by atoms with Crippen LogP contribution in [0.3, 0.4) is 0 Å². The van der Waals surface area contributed by atoms with Crippen molar-refractivity contribution in [2.75, 3.05) is 13.2 Å². The SMILES string of the molecule is Cc1ccc2nc(C)c(C(=O)NCCOC3CCCCC3C)cc2c1. The molecule has 1 aliphatic rings. The summed E-state index contributed by atoms with van der Waals surface area (Å²) < 4.78 is 5.97. The third kappa shape index (κ3) is 4.37. The molecule has 2 aromatic rings. The first-order valence-corrected chi connectivity index (χ1v) is 9.32. The number of hydrogen-bond acceptors (Lipinski definition) is 3. The summed E-state index contributed by atoms with van der Waals surface area (Å²) in [6, 6.07) is 8.03. The van der Waals surface area contributed by atoms with Gasteiger partial charge in [-0.25, -0.2) is 0 Å². The van der Waals surface area contributed by atoms with E-state index in [1.54, 1.807) is 0 Å². The predicted molar refractivity (Wildman–Crippen MR) is 101 cm³/mol. The molecule has 0 spiro atoms. The fraction of sp³-hybridized carbons (Fsp3) is 0.524. The summed E-state index contributed by atoms with van der Waals surface area (Å²) in [4.78, 5) is 17.1. The number of benzene rings is 1. The maximum Gasteiger partial charge on any atom is 0.253 e. The van der Waals surface area contributed by atoms with E-state index in [0.717, 1.165) is 23.0 Å². The molecule has 2 unspecified atom stereocenters. The number of aromatic nitrogens is 1. The van der Waals surface area contributed by atoms with Crippen molar-refractivity contribution in [3.8, 4) is 0 Å². The molecule has 0 saturated heterocycles. The normalized spacial score (nSPS) is 20.6. The van der Waals surface area contributed by atoms with E-state index in [1.165, 1.54) is 24.8 Å².